The van der Waals surface area contributed by atoms with Crippen LogP contribution in [0, 0.1) is 0 Å². The molecule has 2 rings (SSSR count). The van der Waals surface area contributed by atoms with E-state index in [0.29, 0.717) is 31.9 Å². The normalized spacial score (nSPS) is 14.2. The molecule has 0 radical (unpaired) electrons. The Morgan fingerprint density at radius 3 is 2.04 bits per heavy atom. The summed E-state index contributed by atoms with van der Waals surface area (Å²) in [7, 11) is 0. The van der Waals surface area contributed by atoms with Crippen molar-refractivity contribution in [3.05, 3.63) is 29.8 Å². The first kappa shape index (κ1) is 19.9. The fourth-order valence-corrected chi connectivity index (χ4v) is 2.92. The molecule has 0 aliphatic carbocycles. The number of amides is 2. The Hall–Kier alpha value is -2.37. The highest BCUT2D eigenvalue weighted by Crippen LogP contribution is 2.14. The molecule has 0 atom stereocenters. The van der Waals surface area contributed by atoms with E-state index < -0.39 is 0 Å². The summed E-state index contributed by atoms with van der Waals surface area (Å²) in [5.41, 5.74) is 1.26. The lowest BCUT2D eigenvalue weighted by atomic mass is 10.1. The average molecular weight is 360 g/mol. The molecule has 0 N–H and O–H groups in total. The van der Waals surface area contributed by atoms with Crippen molar-refractivity contribution >= 4 is 17.6 Å². The Bertz CT molecular complexity index is 619. The van der Waals surface area contributed by atoms with E-state index in [-0.39, 0.29) is 37.0 Å². The van der Waals surface area contributed by atoms with Gasteiger partial charge in [-0.05, 0) is 31.0 Å². The van der Waals surface area contributed by atoms with Gasteiger partial charge in [-0.1, -0.05) is 25.5 Å². The second kappa shape index (κ2) is 9.94. The van der Waals surface area contributed by atoms with Crippen LogP contribution in [0.15, 0.2) is 24.3 Å². The fourth-order valence-electron chi connectivity index (χ4n) is 2.92. The van der Waals surface area contributed by atoms with Crippen molar-refractivity contribution in [1.29, 1.82) is 0 Å². The summed E-state index contributed by atoms with van der Waals surface area (Å²) >= 11 is 0. The predicted octanol–water partition coefficient (Wildman–Crippen LogP) is 2.06. The van der Waals surface area contributed by atoms with Gasteiger partial charge in [-0.25, -0.2) is 0 Å². The van der Waals surface area contributed by atoms with Crippen LogP contribution in [0.2, 0.25) is 0 Å². The molecule has 0 unspecified atom stereocenters. The van der Waals surface area contributed by atoms with E-state index in [0.717, 1.165) is 12.8 Å². The SMILES string of the molecule is CCCc1ccc(OCC(=O)N2CCN(C(=O)CCC(C)=O)CC2)cc1. The summed E-state index contributed by atoms with van der Waals surface area (Å²) < 4.78 is 5.58. The minimum Gasteiger partial charge on any atom is -0.484 e. The smallest absolute Gasteiger partial charge is 0.260 e. The largest absolute Gasteiger partial charge is 0.484 e. The van der Waals surface area contributed by atoms with Crippen LogP contribution in [0.25, 0.3) is 0 Å². The first-order valence-corrected chi connectivity index (χ1v) is 9.26. The van der Waals surface area contributed by atoms with Crippen LogP contribution in [0.4, 0.5) is 0 Å². The molecule has 0 spiro atoms. The van der Waals surface area contributed by atoms with Gasteiger partial charge in [-0.15, -0.1) is 0 Å². The third-order valence-corrected chi connectivity index (χ3v) is 4.50. The molecule has 0 saturated carbocycles. The summed E-state index contributed by atoms with van der Waals surface area (Å²) in [6.45, 7) is 5.65. The first-order valence-electron chi connectivity index (χ1n) is 9.26. The first-order chi connectivity index (χ1) is 12.5. The summed E-state index contributed by atoms with van der Waals surface area (Å²) in [4.78, 5) is 38.7. The lowest BCUT2D eigenvalue weighted by molar-refractivity contribution is -0.141. The molecule has 0 bridgehead atoms. The molecule has 2 amide bonds. The van der Waals surface area contributed by atoms with E-state index in [1.54, 1.807) is 9.80 Å². The van der Waals surface area contributed by atoms with E-state index in [1.807, 2.05) is 24.3 Å². The van der Waals surface area contributed by atoms with Crippen molar-refractivity contribution in [2.24, 2.45) is 0 Å². The highest BCUT2D eigenvalue weighted by Gasteiger charge is 2.24. The zero-order valence-corrected chi connectivity index (χ0v) is 15.7. The molecule has 0 aromatic heterocycles. The maximum absolute atomic E-state index is 12.3. The number of aryl methyl sites for hydroxylation is 1. The lowest BCUT2D eigenvalue weighted by Crippen LogP contribution is -2.51. The van der Waals surface area contributed by atoms with Crippen LogP contribution in [0.1, 0.15) is 38.7 Å². The topological polar surface area (TPSA) is 66.9 Å². The standard InChI is InChI=1S/C20H28N2O4/c1-3-4-17-6-8-18(9-7-17)26-15-20(25)22-13-11-21(12-14-22)19(24)10-5-16(2)23/h6-9H,3-5,10-15H2,1-2H3. The number of rotatable bonds is 8. The molecule has 26 heavy (non-hydrogen) atoms. The minimum absolute atomic E-state index is 0.00536. The van der Waals surface area contributed by atoms with Crippen molar-refractivity contribution in [3.63, 3.8) is 0 Å². The van der Waals surface area contributed by atoms with Crippen molar-refractivity contribution in [2.75, 3.05) is 32.8 Å². The summed E-state index contributed by atoms with van der Waals surface area (Å²) in [5, 5.41) is 0. The second-order valence-electron chi connectivity index (χ2n) is 6.65. The van der Waals surface area contributed by atoms with Crippen LogP contribution in [-0.4, -0.2) is 60.2 Å². The zero-order chi connectivity index (χ0) is 18.9. The van der Waals surface area contributed by atoms with Crippen LogP contribution < -0.4 is 4.74 Å². The van der Waals surface area contributed by atoms with Gasteiger partial charge in [-0.3, -0.25) is 9.59 Å². The molecule has 1 saturated heterocycles. The maximum Gasteiger partial charge on any atom is 0.260 e. The van der Waals surface area contributed by atoms with Crippen LogP contribution in [0.5, 0.6) is 5.75 Å². The number of carbonyl (C=O) groups is 3. The highest BCUT2D eigenvalue weighted by atomic mass is 16.5. The molecule has 1 aliphatic heterocycles. The number of benzene rings is 1. The molecule has 1 aromatic rings. The number of carbonyl (C=O) groups excluding carboxylic acids is 3. The summed E-state index contributed by atoms with van der Waals surface area (Å²) in [5.74, 6) is 0.623. The number of piperazine rings is 1. The Labute approximate surface area is 155 Å². The van der Waals surface area contributed by atoms with Gasteiger partial charge >= 0.3 is 0 Å². The fraction of sp³-hybridized carbons (Fsp3) is 0.550. The van der Waals surface area contributed by atoms with Gasteiger partial charge in [0.25, 0.3) is 5.91 Å². The molecule has 1 aromatic carbocycles. The van der Waals surface area contributed by atoms with E-state index in [2.05, 4.69) is 6.92 Å². The number of nitrogens with zero attached hydrogens (tertiary/aromatic N) is 2. The van der Waals surface area contributed by atoms with Gasteiger partial charge in [0.15, 0.2) is 6.61 Å². The van der Waals surface area contributed by atoms with Gasteiger partial charge in [0.1, 0.15) is 11.5 Å². The van der Waals surface area contributed by atoms with E-state index in [1.165, 1.54) is 12.5 Å². The van der Waals surface area contributed by atoms with Crippen LogP contribution >= 0.6 is 0 Å². The number of Topliss-reactive ketones (excluding diaryl/α,β-unsaturated/α-hetero) is 1. The Morgan fingerprint density at radius 2 is 1.50 bits per heavy atom. The van der Waals surface area contributed by atoms with E-state index in [4.69, 9.17) is 4.74 Å². The Balaban J connectivity index is 1.72. The average Bonchev–Trinajstić information content (AvgIpc) is 2.65. The monoisotopic (exact) mass is 360 g/mol. The van der Waals surface area contributed by atoms with Gasteiger partial charge in [0, 0.05) is 39.0 Å². The third-order valence-electron chi connectivity index (χ3n) is 4.50. The Morgan fingerprint density at radius 1 is 0.923 bits per heavy atom. The van der Waals surface area contributed by atoms with Crippen molar-refractivity contribution in [3.8, 4) is 5.75 Å². The third kappa shape index (κ3) is 6.17. The number of hydrogen-bond donors (Lipinski definition) is 0. The summed E-state index contributed by atoms with van der Waals surface area (Å²) in [6.07, 6.45) is 2.67. The quantitative estimate of drug-likeness (QED) is 0.712. The highest BCUT2D eigenvalue weighted by molar-refractivity contribution is 5.84. The molecule has 6 heteroatoms. The molecule has 142 valence electrons. The molecule has 1 aliphatic rings. The molecule has 1 fully saturated rings. The number of ether oxygens (including phenoxy) is 1. The maximum atomic E-state index is 12.3. The van der Waals surface area contributed by atoms with Gasteiger partial charge in [0.2, 0.25) is 5.91 Å². The number of ketones is 1. The van der Waals surface area contributed by atoms with Crippen molar-refractivity contribution < 1.29 is 19.1 Å². The molecular weight excluding hydrogens is 332 g/mol. The predicted molar refractivity (Wildman–Crippen MR) is 99.0 cm³/mol. The molecule has 6 nitrogen and oxygen atoms in total. The van der Waals surface area contributed by atoms with Crippen LogP contribution in [0.3, 0.4) is 0 Å². The van der Waals surface area contributed by atoms with Crippen molar-refractivity contribution in [1.82, 2.24) is 9.80 Å². The second-order valence-corrected chi connectivity index (χ2v) is 6.65. The van der Waals surface area contributed by atoms with E-state index in [9.17, 15) is 14.4 Å². The Kier molecular flexibility index (Phi) is 7.63. The lowest BCUT2D eigenvalue weighted by Gasteiger charge is -2.34. The summed E-state index contributed by atoms with van der Waals surface area (Å²) in [6, 6.07) is 7.83. The van der Waals surface area contributed by atoms with E-state index >= 15 is 0 Å². The molecule has 1 heterocycles. The zero-order valence-electron chi connectivity index (χ0n) is 15.7. The molecular formula is C20H28N2O4. The van der Waals surface area contributed by atoms with Gasteiger partial charge in [0.05, 0.1) is 0 Å². The van der Waals surface area contributed by atoms with Crippen molar-refractivity contribution in [2.45, 2.75) is 39.5 Å². The van der Waals surface area contributed by atoms with Gasteiger partial charge in [-0.2, -0.15) is 0 Å². The van der Waals surface area contributed by atoms with Crippen LogP contribution in [-0.2, 0) is 20.8 Å². The van der Waals surface area contributed by atoms with Gasteiger partial charge < -0.3 is 19.3 Å². The minimum atomic E-state index is -0.0709. The number of hydrogen-bond acceptors (Lipinski definition) is 4.